The van der Waals surface area contributed by atoms with E-state index in [4.69, 9.17) is 9.84 Å². The summed E-state index contributed by atoms with van der Waals surface area (Å²) in [6.45, 7) is 0.498. The number of halogens is 3. The van der Waals surface area contributed by atoms with Crippen LogP contribution in [0, 0.1) is 0 Å². The molecule has 0 spiro atoms. The van der Waals surface area contributed by atoms with Gasteiger partial charge in [-0.05, 0) is 31.2 Å². The van der Waals surface area contributed by atoms with Gasteiger partial charge in [-0.3, -0.25) is 0 Å². The van der Waals surface area contributed by atoms with E-state index in [-0.39, 0.29) is 5.75 Å². The van der Waals surface area contributed by atoms with Gasteiger partial charge in [-0.25, -0.2) is 4.79 Å². The quantitative estimate of drug-likeness (QED) is 0.860. The lowest BCUT2D eigenvalue weighted by Gasteiger charge is -2.18. The third kappa shape index (κ3) is 5.04. The molecular formula is C11H11F3O5. The predicted molar refractivity (Wildman–Crippen MR) is 56.9 cm³/mol. The number of hydrogen-bond acceptors (Lipinski definition) is 4. The van der Waals surface area contributed by atoms with Crippen LogP contribution in [-0.4, -0.2) is 34.8 Å². The number of carbonyl (C=O) groups is 1. The first-order chi connectivity index (χ1) is 8.60. The van der Waals surface area contributed by atoms with Gasteiger partial charge in [0.15, 0.2) is 5.60 Å². The zero-order valence-corrected chi connectivity index (χ0v) is 9.77. The zero-order chi connectivity index (χ0) is 14.7. The first-order valence-corrected chi connectivity index (χ1v) is 5.04. The van der Waals surface area contributed by atoms with Crippen LogP contribution in [0.2, 0.25) is 0 Å². The molecule has 1 unspecified atom stereocenters. The van der Waals surface area contributed by atoms with Gasteiger partial charge in [0.05, 0.1) is 0 Å². The number of aliphatic carboxylic acids is 1. The van der Waals surface area contributed by atoms with Gasteiger partial charge in [0, 0.05) is 0 Å². The van der Waals surface area contributed by atoms with Crippen LogP contribution in [0.4, 0.5) is 13.2 Å². The summed E-state index contributed by atoms with van der Waals surface area (Å²) in [5.74, 6) is -1.79. The Hall–Kier alpha value is -1.96. The minimum Gasteiger partial charge on any atom is -0.490 e. The van der Waals surface area contributed by atoms with Crippen molar-refractivity contribution in [3.8, 4) is 11.5 Å². The summed E-state index contributed by atoms with van der Waals surface area (Å²) < 4.78 is 44.2. The second kappa shape index (κ2) is 5.35. The van der Waals surface area contributed by atoms with Crippen molar-refractivity contribution in [3.63, 3.8) is 0 Å². The molecule has 19 heavy (non-hydrogen) atoms. The highest BCUT2D eigenvalue weighted by Gasteiger charge is 2.32. The highest BCUT2D eigenvalue weighted by atomic mass is 19.4. The van der Waals surface area contributed by atoms with Crippen molar-refractivity contribution in [2.75, 3.05) is 6.61 Å². The SMILES string of the molecule is CC(O)(COc1ccc(OC(F)(F)F)cc1)C(=O)O. The Labute approximate surface area is 106 Å². The smallest absolute Gasteiger partial charge is 0.490 e. The maximum absolute atomic E-state index is 11.9. The Balaban J connectivity index is 2.61. The Morgan fingerprint density at radius 3 is 2.11 bits per heavy atom. The van der Waals surface area contributed by atoms with Crippen LogP contribution in [-0.2, 0) is 4.79 Å². The summed E-state index contributed by atoms with van der Waals surface area (Å²) in [7, 11) is 0. The van der Waals surface area contributed by atoms with Gasteiger partial charge in [0.2, 0.25) is 0 Å². The molecule has 1 rings (SSSR count). The second-order valence-electron chi connectivity index (χ2n) is 3.89. The van der Waals surface area contributed by atoms with Crippen LogP contribution in [0.1, 0.15) is 6.92 Å². The molecule has 1 aromatic rings. The maximum Gasteiger partial charge on any atom is 0.573 e. The van der Waals surface area contributed by atoms with E-state index in [1.54, 1.807) is 0 Å². The molecule has 106 valence electrons. The lowest BCUT2D eigenvalue weighted by atomic mass is 10.1. The van der Waals surface area contributed by atoms with E-state index in [1.165, 1.54) is 12.1 Å². The van der Waals surface area contributed by atoms with Gasteiger partial charge in [-0.1, -0.05) is 0 Å². The van der Waals surface area contributed by atoms with Crippen LogP contribution in [0.5, 0.6) is 11.5 Å². The number of benzene rings is 1. The standard InChI is InChI=1S/C11H11F3O5/c1-10(17,9(15)16)6-18-7-2-4-8(5-3-7)19-11(12,13)14/h2-5,17H,6H2,1H3,(H,15,16). The Kier molecular flexibility index (Phi) is 4.25. The van der Waals surface area contributed by atoms with Crippen molar-refractivity contribution in [2.24, 2.45) is 0 Å². The van der Waals surface area contributed by atoms with Crippen LogP contribution in [0.25, 0.3) is 0 Å². The fourth-order valence-electron chi connectivity index (χ4n) is 1.02. The van der Waals surface area contributed by atoms with Crippen molar-refractivity contribution in [1.82, 2.24) is 0 Å². The number of carboxylic acids is 1. The Morgan fingerprint density at radius 2 is 1.68 bits per heavy atom. The summed E-state index contributed by atoms with van der Waals surface area (Å²) in [4.78, 5) is 10.6. The molecule has 0 saturated carbocycles. The lowest BCUT2D eigenvalue weighted by Crippen LogP contribution is -2.41. The molecule has 0 heterocycles. The van der Waals surface area contributed by atoms with Gasteiger partial charge in [0.1, 0.15) is 18.1 Å². The molecular weight excluding hydrogens is 269 g/mol. The molecule has 8 heteroatoms. The van der Waals surface area contributed by atoms with E-state index in [0.29, 0.717) is 0 Å². The zero-order valence-electron chi connectivity index (χ0n) is 9.77. The predicted octanol–water partition coefficient (Wildman–Crippen LogP) is 1.80. The van der Waals surface area contributed by atoms with Crippen LogP contribution < -0.4 is 9.47 Å². The van der Waals surface area contributed by atoms with Gasteiger partial charge in [0.25, 0.3) is 0 Å². The van der Waals surface area contributed by atoms with Gasteiger partial charge >= 0.3 is 12.3 Å². The molecule has 0 aromatic heterocycles. The van der Waals surface area contributed by atoms with Crippen molar-refractivity contribution in [3.05, 3.63) is 24.3 Å². The Bertz CT molecular complexity index is 439. The average Bonchev–Trinajstić information content (AvgIpc) is 2.26. The first kappa shape index (κ1) is 15.1. The minimum atomic E-state index is -4.78. The summed E-state index contributed by atoms with van der Waals surface area (Å²) >= 11 is 0. The number of aliphatic hydroxyl groups is 1. The van der Waals surface area contributed by atoms with Crippen molar-refractivity contribution in [1.29, 1.82) is 0 Å². The average molecular weight is 280 g/mol. The van der Waals surface area contributed by atoms with E-state index in [2.05, 4.69) is 4.74 Å². The fourth-order valence-corrected chi connectivity index (χ4v) is 1.02. The summed E-state index contributed by atoms with van der Waals surface area (Å²) in [6, 6.07) is 4.36. The fraction of sp³-hybridized carbons (Fsp3) is 0.364. The van der Waals surface area contributed by atoms with E-state index in [9.17, 15) is 23.1 Å². The maximum atomic E-state index is 11.9. The molecule has 0 amide bonds. The molecule has 2 N–H and O–H groups in total. The molecule has 0 saturated heterocycles. The van der Waals surface area contributed by atoms with Crippen molar-refractivity contribution < 1.29 is 37.7 Å². The summed E-state index contributed by atoms with van der Waals surface area (Å²) in [5.41, 5.74) is -2.08. The van der Waals surface area contributed by atoms with Crippen LogP contribution >= 0.6 is 0 Å². The monoisotopic (exact) mass is 280 g/mol. The normalized spacial score (nSPS) is 14.6. The van der Waals surface area contributed by atoms with Crippen molar-refractivity contribution >= 4 is 5.97 Å². The van der Waals surface area contributed by atoms with Crippen LogP contribution in [0.3, 0.4) is 0 Å². The highest BCUT2D eigenvalue weighted by Crippen LogP contribution is 2.25. The molecule has 0 aliphatic rings. The molecule has 0 radical (unpaired) electrons. The minimum absolute atomic E-state index is 0.107. The molecule has 5 nitrogen and oxygen atoms in total. The summed E-state index contributed by atoms with van der Waals surface area (Å²) in [6.07, 6.45) is -4.78. The van der Waals surface area contributed by atoms with Gasteiger partial charge < -0.3 is 19.7 Å². The number of alkyl halides is 3. The molecule has 0 aliphatic carbocycles. The number of hydrogen-bond donors (Lipinski definition) is 2. The number of ether oxygens (including phenoxy) is 2. The van der Waals surface area contributed by atoms with Gasteiger partial charge in [-0.2, -0.15) is 0 Å². The van der Waals surface area contributed by atoms with E-state index >= 15 is 0 Å². The van der Waals surface area contributed by atoms with E-state index in [0.717, 1.165) is 19.1 Å². The first-order valence-electron chi connectivity index (χ1n) is 5.04. The second-order valence-corrected chi connectivity index (χ2v) is 3.89. The largest absolute Gasteiger partial charge is 0.573 e. The summed E-state index contributed by atoms with van der Waals surface area (Å²) in [5, 5.41) is 18.0. The molecule has 1 aromatic carbocycles. The highest BCUT2D eigenvalue weighted by molar-refractivity contribution is 5.76. The molecule has 1 atom stereocenters. The Morgan fingerprint density at radius 1 is 1.21 bits per heavy atom. The number of carboxylic acid groups (broad SMARTS) is 1. The molecule has 0 aliphatic heterocycles. The lowest BCUT2D eigenvalue weighted by molar-refractivity contribution is -0.274. The molecule has 0 bridgehead atoms. The van der Waals surface area contributed by atoms with Crippen molar-refractivity contribution in [2.45, 2.75) is 18.9 Å². The topological polar surface area (TPSA) is 76.0 Å². The third-order valence-electron chi connectivity index (χ3n) is 2.04. The molecule has 0 fully saturated rings. The third-order valence-corrected chi connectivity index (χ3v) is 2.04. The van der Waals surface area contributed by atoms with E-state index < -0.39 is 30.3 Å². The van der Waals surface area contributed by atoms with E-state index in [1.807, 2.05) is 0 Å². The van der Waals surface area contributed by atoms with Crippen LogP contribution in [0.15, 0.2) is 24.3 Å². The van der Waals surface area contributed by atoms with Gasteiger partial charge in [-0.15, -0.1) is 13.2 Å². The number of rotatable bonds is 5.